The second kappa shape index (κ2) is 11.5. The predicted molar refractivity (Wildman–Crippen MR) is 126 cm³/mol. The smallest absolute Gasteiger partial charge is 0.262 e. The van der Waals surface area contributed by atoms with Crippen LogP contribution in [0.15, 0.2) is 40.9 Å². The van der Waals surface area contributed by atoms with Crippen molar-refractivity contribution in [2.75, 3.05) is 23.8 Å². The third kappa shape index (κ3) is 6.43. The minimum Gasteiger partial charge on any atom is -0.490 e. The molecule has 1 amide bonds. The molecule has 1 heterocycles. The minimum atomic E-state index is -0.249. The van der Waals surface area contributed by atoms with E-state index in [0.29, 0.717) is 30.6 Å². The molecule has 0 spiro atoms. The largest absolute Gasteiger partial charge is 0.490 e. The van der Waals surface area contributed by atoms with Crippen LogP contribution in [0.4, 0.5) is 11.6 Å². The van der Waals surface area contributed by atoms with E-state index < -0.39 is 0 Å². The van der Waals surface area contributed by atoms with Gasteiger partial charge >= 0.3 is 0 Å². The van der Waals surface area contributed by atoms with E-state index in [2.05, 4.69) is 49.0 Å². The summed E-state index contributed by atoms with van der Waals surface area (Å²) in [6.45, 7) is 7.51. The second-order valence-corrected chi connectivity index (χ2v) is 7.96. The number of aromatic nitrogens is 4. The Morgan fingerprint density at radius 2 is 1.88 bits per heavy atom. The van der Waals surface area contributed by atoms with Crippen molar-refractivity contribution in [3.63, 3.8) is 0 Å². The molecule has 0 atom stereocenters. The Kier molecular flexibility index (Phi) is 8.43. The van der Waals surface area contributed by atoms with Gasteiger partial charge in [-0.1, -0.05) is 45.6 Å². The number of aryl methyl sites for hydroxylation is 2. The highest BCUT2D eigenvalue weighted by Crippen LogP contribution is 2.34. The minimum absolute atomic E-state index is 0.135. The van der Waals surface area contributed by atoms with Crippen molar-refractivity contribution in [1.82, 2.24) is 20.2 Å². The zero-order valence-electron chi connectivity index (χ0n) is 18.4. The number of hydrogen-bond donors (Lipinski definition) is 2. The summed E-state index contributed by atoms with van der Waals surface area (Å²) in [5.74, 6) is 1.40. The van der Waals surface area contributed by atoms with Gasteiger partial charge in [-0.05, 0) is 60.5 Å². The molecular formula is C22H27BrN6O3. The van der Waals surface area contributed by atoms with E-state index in [4.69, 9.17) is 9.47 Å². The molecule has 10 heteroatoms. The van der Waals surface area contributed by atoms with E-state index in [1.54, 1.807) is 10.7 Å². The number of tetrazole rings is 1. The summed E-state index contributed by atoms with van der Waals surface area (Å²) >= 11 is 3.58. The van der Waals surface area contributed by atoms with Gasteiger partial charge in [-0.15, -0.1) is 0 Å². The van der Waals surface area contributed by atoms with Crippen LogP contribution >= 0.6 is 15.9 Å². The first-order valence-corrected chi connectivity index (χ1v) is 11.2. The van der Waals surface area contributed by atoms with Crippen LogP contribution in [0.3, 0.4) is 0 Å². The van der Waals surface area contributed by atoms with Gasteiger partial charge in [0.1, 0.15) is 0 Å². The van der Waals surface area contributed by atoms with Gasteiger partial charge in [0.25, 0.3) is 5.91 Å². The Bertz CT molecular complexity index is 1040. The predicted octanol–water partition coefficient (Wildman–Crippen LogP) is 4.18. The van der Waals surface area contributed by atoms with Crippen LogP contribution in [0.5, 0.6) is 11.5 Å². The van der Waals surface area contributed by atoms with Crippen LogP contribution < -0.4 is 20.1 Å². The molecule has 0 unspecified atom stereocenters. The maximum atomic E-state index is 12.3. The highest BCUT2D eigenvalue weighted by atomic mass is 79.9. The molecule has 0 radical (unpaired) electrons. The summed E-state index contributed by atoms with van der Waals surface area (Å²) in [5, 5.41) is 17.8. The molecule has 0 aliphatic carbocycles. The molecule has 0 saturated carbocycles. The zero-order chi connectivity index (χ0) is 22.9. The molecule has 0 aliphatic rings. The number of anilines is 2. The average molecular weight is 503 g/mol. The first kappa shape index (κ1) is 23.5. The monoisotopic (exact) mass is 502 g/mol. The molecule has 1 aromatic heterocycles. The highest BCUT2D eigenvalue weighted by molar-refractivity contribution is 9.10. The van der Waals surface area contributed by atoms with Crippen molar-refractivity contribution in [2.24, 2.45) is 0 Å². The molecule has 3 rings (SSSR count). The maximum Gasteiger partial charge on any atom is 0.262 e. The van der Waals surface area contributed by atoms with E-state index in [1.807, 2.05) is 44.2 Å². The van der Waals surface area contributed by atoms with Crippen LogP contribution in [0.1, 0.15) is 31.4 Å². The molecule has 170 valence electrons. The average Bonchev–Trinajstić information content (AvgIpc) is 3.22. The molecule has 32 heavy (non-hydrogen) atoms. The first-order valence-electron chi connectivity index (χ1n) is 10.4. The van der Waals surface area contributed by atoms with Crippen molar-refractivity contribution in [3.8, 4) is 11.5 Å². The Hall–Kier alpha value is -3.14. The topological polar surface area (TPSA) is 103 Å². The molecular weight excluding hydrogens is 476 g/mol. The number of carbonyl (C=O) groups is 1. The molecule has 0 bridgehead atoms. The molecule has 9 nitrogen and oxygen atoms in total. The first-order chi connectivity index (χ1) is 15.5. The normalized spacial score (nSPS) is 10.6. The number of rotatable bonds is 11. The van der Waals surface area contributed by atoms with Gasteiger partial charge in [0.2, 0.25) is 5.95 Å². The fourth-order valence-electron chi connectivity index (χ4n) is 2.94. The molecule has 2 N–H and O–H groups in total. The van der Waals surface area contributed by atoms with E-state index in [9.17, 15) is 4.79 Å². The number of hydrogen-bond acceptors (Lipinski definition) is 7. The second-order valence-electron chi connectivity index (χ2n) is 7.11. The maximum absolute atomic E-state index is 12.3. The highest BCUT2D eigenvalue weighted by Gasteiger charge is 2.14. The van der Waals surface area contributed by atoms with E-state index >= 15 is 0 Å². The number of nitrogens with zero attached hydrogens (tertiary/aromatic N) is 4. The van der Waals surface area contributed by atoms with Gasteiger partial charge in [-0.25, -0.2) is 4.68 Å². The number of carbonyl (C=O) groups excluding carboxylic acids is 1. The summed E-state index contributed by atoms with van der Waals surface area (Å²) in [6.07, 6.45) is 0.932. The molecule has 2 aromatic carbocycles. The van der Waals surface area contributed by atoms with Crippen molar-refractivity contribution in [1.29, 1.82) is 0 Å². The van der Waals surface area contributed by atoms with Crippen molar-refractivity contribution >= 4 is 33.5 Å². The van der Waals surface area contributed by atoms with Gasteiger partial charge in [-0.2, -0.15) is 0 Å². The Labute approximate surface area is 195 Å². The van der Waals surface area contributed by atoms with Crippen LogP contribution in [0.2, 0.25) is 0 Å². The lowest BCUT2D eigenvalue weighted by molar-refractivity contribution is -0.118. The summed E-state index contributed by atoms with van der Waals surface area (Å²) < 4.78 is 14.0. The van der Waals surface area contributed by atoms with Crippen molar-refractivity contribution < 1.29 is 14.3 Å². The molecule has 3 aromatic rings. The van der Waals surface area contributed by atoms with Gasteiger partial charge in [0.15, 0.2) is 18.1 Å². The standard InChI is InChI=1S/C22H27BrN6O3/c1-4-10-29-22(26-27-28-29)24-13-16-11-19(31-5-2)20(12-18(16)23)32-14-21(30)25-17-8-6-15(3)7-9-17/h6-9,11-12H,4-5,10,13-14H2,1-3H3,(H,25,30)(H,24,26,28). The third-order valence-corrected chi connectivity index (χ3v) is 5.25. The SMILES string of the molecule is CCCn1nnnc1NCc1cc(OCC)c(OCC(=O)Nc2ccc(C)cc2)cc1Br. The van der Waals surface area contributed by atoms with Crippen LogP contribution in [0, 0.1) is 6.92 Å². The number of ether oxygens (including phenoxy) is 2. The fraction of sp³-hybridized carbons (Fsp3) is 0.364. The summed E-state index contributed by atoms with van der Waals surface area (Å²) in [7, 11) is 0. The molecule has 0 fully saturated rings. The number of benzene rings is 2. The summed E-state index contributed by atoms with van der Waals surface area (Å²) in [5.41, 5.74) is 2.79. The number of amides is 1. The van der Waals surface area contributed by atoms with Crippen LogP contribution in [-0.2, 0) is 17.9 Å². The molecule has 0 saturated heterocycles. The van der Waals surface area contributed by atoms with Gasteiger partial charge < -0.3 is 20.1 Å². The van der Waals surface area contributed by atoms with E-state index in [1.165, 1.54) is 0 Å². The lowest BCUT2D eigenvalue weighted by Crippen LogP contribution is -2.20. The number of halogens is 1. The fourth-order valence-corrected chi connectivity index (χ4v) is 3.40. The summed E-state index contributed by atoms with van der Waals surface area (Å²) in [4.78, 5) is 12.3. The number of nitrogens with one attached hydrogen (secondary N) is 2. The Morgan fingerprint density at radius 1 is 1.12 bits per heavy atom. The van der Waals surface area contributed by atoms with Crippen LogP contribution in [-0.4, -0.2) is 39.3 Å². The van der Waals surface area contributed by atoms with Gasteiger partial charge in [0, 0.05) is 23.2 Å². The van der Waals surface area contributed by atoms with E-state index in [-0.39, 0.29) is 12.5 Å². The quantitative estimate of drug-likeness (QED) is 0.405. The third-order valence-electron chi connectivity index (χ3n) is 4.51. The zero-order valence-corrected chi connectivity index (χ0v) is 20.0. The van der Waals surface area contributed by atoms with Gasteiger partial charge in [-0.3, -0.25) is 4.79 Å². The van der Waals surface area contributed by atoms with Crippen LogP contribution in [0.25, 0.3) is 0 Å². The lowest BCUT2D eigenvalue weighted by atomic mass is 10.2. The van der Waals surface area contributed by atoms with Gasteiger partial charge in [0.05, 0.1) is 6.61 Å². The van der Waals surface area contributed by atoms with Crippen molar-refractivity contribution in [2.45, 2.75) is 40.3 Å². The summed E-state index contributed by atoms with van der Waals surface area (Å²) in [6, 6.07) is 11.3. The van der Waals surface area contributed by atoms with E-state index in [0.717, 1.165) is 34.3 Å². The molecule has 0 aliphatic heterocycles. The Morgan fingerprint density at radius 3 is 2.59 bits per heavy atom. The lowest BCUT2D eigenvalue weighted by Gasteiger charge is -2.15. The Balaban J connectivity index is 1.65. The van der Waals surface area contributed by atoms with Crippen molar-refractivity contribution in [3.05, 3.63) is 52.0 Å².